The van der Waals surface area contributed by atoms with Gasteiger partial charge < -0.3 is 15.4 Å². The molecule has 2 aromatic carbocycles. The Hall–Kier alpha value is -2.27. The minimum Gasteiger partial charge on any atom is -0.497 e. The van der Waals surface area contributed by atoms with E-state index in [0.29, 0.717) is 16.5 Å². The molecule has 21 heavy (non-hydrogen) atoms. The van der Waals surface area contributed by atoms with Crippen molar-refractivity contribution >= 4 is 28.9 Å². The van der Waals surface area contributed by atoms with Crippen LogP contribution in [0.2, 0.25) is 5.02 Å². The number of ether oxygens (including phenoxy) is 1. The normalized spacial score (nSPS) is 10.0. The predicted molar refractivity (Wildman–Crippen MR) is 81.5 cm³/mol. The Morgan fingerprint density at radius 2 is 1.95 bits per heavy atom. The highest BCUT2D eigenvalue weighted by atomic mass is 35.5. The van der Waals surface area contributed by atoms with Gasteiger partial charge in [-0.05, 0) is 42.5 Å². The second-order valence-corrected chi connectivity index (χ2v) is 4.69. The zero-order chi connectivity index (χ0) is 15.2. The topological polar surface area (TPSA) is 50.4 Å². The quantitative estimate of drug-likeness (QED) is 0.888. The second-order valence-electron chi connectivity index (χ2n) is 4.25. The van der Waals surface area contributed by atoms with Crippen molar-refractivity contribution in [1.82, 2.24) is 0 Å². The van der Waals surface area contributed by atoms with Crippen molar-refractivity contribution in [3.05, 3.63) is 53.3 Å². The fraction of sp³-hybridized carbons (Fsp3) is 0.133. The van der Waals surface area contributed by atoms with Gasteiger partial charge in [-0.3, -0.25) is 4.79 Å². The van der Waals surface area contributed by atoms with Crippen LogP contribution in [-0.2, 0) is 4.79 Å². The van der Waals surface area contributed by atoms with E-state index in [2.05, 4.69) is 10.6 Å². The van der Waals surface area contributed by atoms with Crippen LogP contribution in [0.25, 0.3) is 0 Å². The number of carbonyl (C=O) groups excluding carboxylic acids is 1. The van der Waals surface area contributed by atoms with Gasteiger partial charge in [0.05, 0.1) is 19.3 Å². The summed E-state index contributed by atoms with van der Waals surface area (Å²) < 4.78 is 18.5. The summed E-state index contributed by atoms with van der Waals surface area (Å²) in [5, 5.41) is 5.78. The van der Waals surface area contributed by atoms with Crippen LogP contribution >= 0.6 is 11.6 Å². The third kappa shape index (κ3) is 4.36. The van der Waals surface area contributed by atoms with Gasteiger partial charge in [0.25, 0.3) is 0 Å². The molecule has 0 atom stereocenters. The maximum absolute atomic E-state index is 13.5. The van der Waals surface area contributed by atoms with E-state index < -0.39 is 5.82 Å². The van der Waals surface area contributed by atoms with Crippen molar-refractivity contribution in [3.8, 4) is 5.75 Å². The molecule has 0 saturated carbocycles. The molecule has 0 fully saturated rings. The number of rotatable bonds is 5. The summed E-state index contributed by atoms with van der Waals surface area (Å²) in [6, 6.07) is 11.0. The third-order valence-corrected chi connectivity index (χ3v) is 2.98. The molecule has 0 aliphatic heterocycles. The van der Waals surface area contributed by atoms with Crippen molar-refractivity contribution < 1.29 is 13.9 Å². The molecule has 4 nitrogen and oxygen atoms in total. The minimum absolute atomic E-state index is 0.0662. The van der Waals surface area contributed by atoms with Gasteiger partial charge >= 0.3 is 0 Å². The summed E-state index contributed by atoms with van der Waals surface area (Å²) in [7, 11) is 1.57. The molecular formula is C15H14ClFN2O2. The molecule has 0 aliphatic rings. The van der Waals surface area contributed by atoms with E-state index >= 15 is 0 Å². The zero-order valence-corrected chi connectivity index (χ0v) is 12.1. The number of carbonyl (C=O) groups is 1. The highest BCUT2D eigenvalue weighted by Crippen LogP contribution is 2.19. The average Bonchev–Trinajstić information content (AvgIpc) is 2.49. The Labute approximate surface area is 126 Å². The van der Waals surface area contributed by atoms with E-state index in [1.54, 1.807) is 31.4 Å². The fourth-order valence-corrected chi connectivity index (χ4v) is 1.86. The van der Waals surface area contributed by atoms with E-state index in [0.717, 1.165) is 0 Å². The number of anilines is 2. The van der Waals surface area contributed by atoms with Gasteiger partial charge in [0.1, 0.15) is 11.6 Å². The van der Waals surface area contributed by atoms with Gasteiger partial charge in [0, 0.05) is 10.7 Å². The van der Waals surface area contributed by atoms with Crippen LogP contribution in [0.3, 0.4) is 0 Å². The Balaban J connectivity index is 1.91. The molecule has 2 N–H and O–H groups in total. The van der Waals surface area contributed by atoms with E-state index in [-0.39, 0.29) is 18.1 Å². The van der Waals surface area contributed by atoms with Crippen molar-refractivity contribution in [2.24, 2.45) is 0 Å². The summed E-state index contributed by atoms with van der Waals surface area (Å²) in [5.41, 5.74) is 0.821. The van der Waals surface area contributed by atoms with Crippen LogP contribution in [0, 0.1) is 5.82 Å². The average molecular weight is 309 g/mol. The summed E-state index contributed by atoms with van der Waals surface area (Å²) >= 11 is 5.77. The van der Waals surface area contributed by atoms with Crippen molar-refractivity contribution in [3.63, 3.8) is 0 Å². The molecule has 0 heterocycles. The summed E-state index contributed by atoms with van der Waals surface area (Å²) in [6.45, 7) is -0.0662. The first-order valence-corrected chi connectivity index (χ1v) is 6.59. The lowest BCUT2D eigenvalue weighted by atomic mass is 10.3. The van der Waals surface area contributed by atoms with Crippen molar-refractivity contribution in [2.75, 3.05) is 24.3 Å². The van der Waals surface area contributed by atoms with E-state index in [9.17, 15) is 9.18 Å². The highest BCUT2D eigenvalue weighted by molar-refractivity contribution is 6.30. The lowest BCUT2D eigenvalue weighted by molar-refractivity contribution is -0.114. The molecule has 110 valence electrons. The number of benzene rings is 2. The number of methoxy groups -OCH3 is 1. The van der Waals surface area contributed by atoms with Gasteiger partial charge in [-0.15, -0.1) is 0 Å². The monoisotopic (exact) mass is 308 g/mol. The summed E-state index contributed by atoms with van der Waals surface area (Å²) in [6.07, 6.45) is 0. The molecule has 6 heteroatoms. The predicted octanol–water partition coefficient (Wildman–Crippen LogP) is 3.54. The number of halogens is 2. The number of hydrogen-bond acceptors (Lipinski definition) is 3. The number of amides is 1. The van der Waals surface area contributed by atoms with Crippen LogP contribution in [0.15, 0.2) is 42.5 Å². The second kappa shape index (κ2) is 6.95. The van der Waals surface area contributed by atoms with Gasteiger partial charge in [-0.1, -0.05) is 11.6 Å². The molecule has 1 amide bonds. The van der Waals surface area contributed by atoms with E-state index in [4.69, 9.17) is 16.3 Å². The highest BCUT2D eigenvalue weighted by Gasteiger charge is 2.06. The van der Waals surface area contributed by atoms with Gasteiger partial charge in [0.2, 0.25) is 5.91 Å². The van der Waals surface area contributed by atoms with Crippen LogP contribution in [0.4, 0.5) is 15.8 Å². The molecule has 0 aromatic heterocycles. The molecule has 2 aromatic rings. The van der Waals surface area contributed by atoms with Crippen molar-refractivity contribution in [2.45, 2.75) is 0 Å². The Kier molecular flexibility index (Phi) is 5.00. The Bertz CT molecular complexity index is 632. The van der Waals surface area contributed by atoms with Gasteiger partial charge in [-0.25, -0.2) is 4.39 Å². The van der Waals surface area contributed by atoms with Crippen LogP contribution in [-0.4, -0.2) is 19.6 Å². The molecule has 0 saturated heterocycles. The zero-order valence-electron chi connectivity index (χ0n) is 11.3. The Morgan fingerprint density at radius 3 is 2.62 bits per heavy atom. The van der Waals surface area contributed by atoms with E-state index in [1.807, 2.05) is 0 Å². The van der Waals surface area contributed by atoms with Gasteiger partial charge in [0.15, 0.2) is 0 Å². The van der Waals surface area contributed by atoms with Crippen molar-refractivity contribution in [1.29, 1.82) is 0 Å². The smallest absolute Gasteiger partial charge is 0.243 e. The largest absolute Gasteiger partial charge is 0.497 e. The summed E-state index contributed by atoms with van der Waals surface area (Å²) in [5.74, 6) is -0.0525. The SMILES string of the molecule is COc1ccc(NC(=O)CNc2cc(Cl)ccc2F)cc1. The first-order valence-electron chi connectivity index (χ1n) is 6.21. The summed E-state index contributed by atoms with van der Waals surface area (Å²) in [4.78, 5) is 11.8. The maximum atomic E-state index is 13.5. The first kappa shape index (κ1) is 15.1. The van der Waals surface area contributed by atoms with Crippen LogP contribution in [0.1, 0.15) is 0 Å². The number of nitrogens with one attached hydrogen (secondary N) is 2. The minimum atomic E-state index is -0.461. The van der Waals surface area contributed by atoms with Crippen LogP contribution in [0.5, 0.6) is 5.75 Å². The standard InChI is InChI=1S/C15H14ClFN2O2/c1-21-12-5-3-11(4-6-12)19-15(20)9-18-14-8-10(16)2-7-13(14)17/h2-8,18H,9H2,1H3,(H,19,20). The molecule has 2 rings (SSSR count). The maximum Gasteiger partial charge on any atom is 0.243 e. The third-order valence-electron chi connectivity index (χ3n) is 2.74. The molecular weight excluding hydrogens is 295 g/mol. The molecule has 0 bridgehead atoms. The van der Waals surface area contributed by atoms with Crippen LogP contribution < -0.4 is 15.4 Å². The number of hydrogen-bond donors (Lipinski definition) is 2. The molecule has 0 spiro atoms. The van der Waals surface area contributed by atoms with Gasteiger partial charge in [-0.2, -0.15) is 0 Å². The molecule has 0 aliphatic carbocycles. The lowest BCUT2D eigenvalue weighted by Crippen LogP contribution is -2.22. The lowest BCUT2D eigenvalue weighted by Gasteiger charge is -2.09. The van der Waals surface area contributed by atoms with E-state index in [1.165, 1.54) is 18.2 Å². The fourth-order valence-electron chi connectivity index (χ4n) is 1.69. The molecule has 0 radical (unpaired) electrons. The molecule has 0 unspecified atom stereocenters. The first-order chi connectivity index (χ1) is 10.1. The Morgan fingerprint density at radius 1 is 1.24 bits per heavy atom.